The Labute approximate surface area is 594 Å². The molecule has 0 fully saturated rings. The first-order chi connectivity index (χ1) is 45.4. The van der Waals surface area contributed by atoms with Crippen LogP contribution in [0, 0.1) is 20.8 Å². The molecule has 540 valence electrons. The molecule has 0 N–H and O–H groups in total. The Hall–Kier alpha value is -2.25. The summed E-state index contributed by atoms with van der Waals surface area (Å²) in [6.07, 6.45) is 93.7. The second kappa shape index (κ2) is 72.5. The van der Waals surface area contributed by atoms with Crippen LogP contribution in [0.3, 0.4) is 0 Å². The minimum absolute atomic E-state index is 0. The van der Waals surface area contributed by atoms with E-state index in [0.717, 1.165) is 74.7 Å². The maximum atomic E-state index is 11.9. The van der Waals surface area contributed by atoms with E-state index in [-0.39, 0.29) is 16.5 Å². The standard InChI is InChI=1S/C34H46N2.2C28H57.Ni/c1-5-8-11-13-14-20-28-21-16-17-24-30(28)34-32(23-10-7-3)31(25-15-12-9-6-2)33(36(34)35)29-22-18-19-27(4)26-29;2*1-3-5-7-9-11-13-15-17-19-21-23-25-27-28-26-24-22-20-18-16-14-12-10-8-6-4-2;/h11,13,16-19,21-22,24,26H,5-10,12,14-15,20,23,25H2,1-4H3;2*1,3-28H2,2H3;/q;2*-1;+2. The molecule has 3 heteroatoms. The summed E-state index contributed by atoms with van der Waals surface area (Å²) in [4.78, 5) is 0. The molecule has 0 aromatic heterocycles. The van der Waals surface area contributed by atoms with Crippen LogP contribution in [0.5, 0.6) is 0 Å². The molecular formula is C90H160N2Ni. The zero-order chi connectivity index (χ0) is 66.5. The number of rotatable bonds is 65. The summed E-state index contributed by atoms with van der Waals surface area (Å²) in [5.41, 5.74) is 21.4. The molecule has 0 spiro atoms. The quantitative estimate of drug-likeness (QED) is 0.0207. The molecule has 0 saturated heterocycles. The molecule has 0 atom stereocenters. The number of hydrogen-bond acceptors (Lipinski definition) is 0. The molecule has 0 radical (unpaired) electrons. The van der Waals surface area contributed by atoms with Crippen molar-refractivity contribution in [2.24, 2.45) is 0 Å². The summed E-state index contributed by atoms with van der Waals surface area (Å²) in [5.74, 6) is 0. The van der Waals surface area contributed by atoms with Gasteiger partial charge in [-0.05, 0) is 75.6 Å². The number of hydrogen-bond donors (Lipinski definition) is 0. The SMILES string of the molecule is CCCC=CCCc1ccccc1C1=C(CCCC)C(CCCCCC)=C(c2cccc(C)c2)[N+]1=[N-].[CH2-]CCCCCCCCCCCCCCCCCCCCCCCCCCC.[CH2-]CCCCCCCCCCCCCCCCCCCCCCCCCCC.[Ni+2]. The molecule has 3 rings (SSSR count). The predicted molar refractivity (Wildman–Crippen MR) is 418 cm³/mol. The molecule has 0 bridgehead atoms. The van der Waals surface area contributed by atoms with E-state index in [1.54, 1.807) is 4.70 Å². The summed E-state index contributed by atoms with van der Waals surface area (Å²) in [5, 5.41) is 0. The molecule has 2 aromatic carbocycles. The molecule has 1 aliphatic heterocycles. The summed E-state index contributed by atoms with van der Waals surface area (Å²) in [6.45, 7) is 21.3. The van der Waals surface area contributed by atoms with Gasteiger partial charge in [0.15, 0.2) is 0 Å². The maximum Gasteiger partial charge on any atom is 2.00 e. The second-order valence-electron chi connectivity index (χ2n) is 28.9. The van der Waals surface area contributed by atoms with Crippen molar-refractivity contribution in [2.75, 3.05) is 0 Å². The van der Waals surface area contributed by atoms with Crippen molar-refractivity contribution < 1.29 is 21.2 Å². The fourth-order valence-corrected chi connectivity index (χ4v) is 13.9. The van der Waals surface area contributed by atoms with Crippen molar-refractivity contribution in [3.05, 3.63) is 113 Å². The largest absolute Gasteiger partial charge is 2.00 e. The monoisotopic (exact) mass is 1330 g/mol. The topological polar surface area (TPSA) is 25.3 Å². The summed E-state index contributed by atoms with van der Waals surface area (Å²) >= 11 is 0. The Morgan fingerprint density at radius 3 is 0.946 bits per heavy atom. The second-order valence-corrected chi connectivity index (χ2v) is 28.9. The number of unbranched alkanes of at least 4 members (excludes halogenated alkanes) is 55. The van der Waals surface area contributed by atoms with Gasteiger partial charge in [-0.2, -0.15) is 12.8 Å². The minimum Gasteiger partial charge on any atom is -0.493 e. The van der Waals surface area contributed by atoms with Crippen LogP contribution < -0.4 is 0 Å². The third-order valence-corrected chi connectivity index (χ3v) is 19.9. The van der Waals surface area contributed by atoms with Crippen molar-refractivity contribution in [2.45, 2.75) is 452 Å². The van der Waals surface area contributed by atoms with Crippen LogP contribution in [0.2, 0.25) is 0 Å². The Kier molecular flexibility index (Phi) is 70.7. The van der Waals surface area contributed by atoms with E-state index in [9.17, 15) is 5.53 Å². The first-order valence-electron chi connectivity index (χ1n) is 41.8. The van der Waals surface area contributed by atoms with Gasteiger partial charge in [0.05, 0.1) is 0 Å². The Morgan fingerprint density at radius 1 is 0.312 bits per heavy atom. The molecule has 1 aliphatic rings. The molecular weight excluding hydrogens is 1170 g/mol. The predicted octanol–water partition coefficient (Wildman–Crippen LogP) is 32.6. The van der Waals surface area contributed by atoms with Gasteiger partial charge in [0.2, 0.25) is 11.4 Å². The van der Waals surface area contributed by atoms with E-state index in [2.05, 4.69) is 116 Å². The van der Waals surface area contributed by atoms with E-state index >= 15 is 0 Å². The van der Waals surface area contributed by atoms with Gasteiger partial charge < -0.3 is 19.4 Å². The van der Waals surface area contributed by atoms with Gasteiger partial charge >= 0.3 is 16.5 Å². The van der Waals surface area contributed by atoms with Crippen LogP contribution in [0.1, 0.15) is 461 Å². The summed E-state index contributed by atoms with van der Waals surface area (Å²) in [7, 11) is 0. The van der Waals surface area contributed by atoms with E-state index in [1.807, 2.05) is 0 Å². The van der Waals surface area contributed by atoms with Crippen LogP contribution in [-0.4, -0.2) is 4.70 Å². The van der Waals surface area contributed by atoms with Gasteiger partial charge in [0.1, 0.15) is 0 Å². The molecule has 93 heavy (non-hydrogen) atoms. The van der Waals surface area contributed by atoms with Gasteiger partial charge in [-0.25, -0.2) is 4.70 Å². The van der Waals surface area contributed by atoms with Crippen LogP contribution in [-0.2, 0) is 22.9 Å². The Balaban J connectivity index is 0.00000138. The van der Waals surface area contributed by atoms with Gasteiger partial charge in [-0.15, -0.1) is 0 Å². The molecule has 1 heterocycles. The number of benzene rings is 2. The normalized spacial score (nSPS) is 12.3. The fourth-order valence-electron chi connectivity index (χ4n) is 13.9. The third kappa shape index (κ3) is 53.4. The average Bonchev–Trinajstić information content (AvgIpc) is 1.61. The smallest absolute Gasteiger partial charge is 0.493 e. The number of allylic oxidation sites excluding steroid dienone is 4. The van der Waals surface area contributed by atoms with Crippen molar-refractivity contribution in [3.63, 3.8) is 0 Å². The Morgan fingerprint density at radius 2 is 0.613 bits per heavy atom. The van der Waals surface area contributed by atoms with E-state index in [4.69, 9.17) is 0 Å². The van der Waals surface area contributed by atoms with Gasteiger partial charge in [-0.3, -0.25) is 0 Å². The van der Waals surface area contributed by atoms with Crippen molar-refractivity contribution >= 4 is 11.4 Å². The summed E-state index contributed by atoms with van der Waals surface area (Å²) in [6, 6.07) is 17.3. The molecule has 2 aromatic rings. The van der Waals surface area contributed by atoms with Crippen molar-refractivity contribution in [1.82, 2.24) is 0 Å². The first kappa shape index (κ1) is 90.8. The maximum absolute atomic E-state index is 11.9. The van der Waals surface area contributed by atoms with Crippen LogP contribution in [0.15, 0.2) is 71.8 Å². The average molecular weight is 1330 g/mol. The summed E-state index contributed by atoms with van der Waals surface area (Å²) < 4.78 is 1.54. The van der Waals surface area contributed by atoms with Crippen LogP contribution in [0.25, 0.3) is 16.9 Å². The van der Waals surface area contributed by atoms with Crippen molar-refractivity contribution in [1.29, 1.82) is 0 Å². The molecule has 0 saturated carbocycles. The number of nitrogens with zero attached hydrogens (tertiary/aromatic N) is 2. The van der Waals surface area contributed by atoms with E-state index in [1.165, 1.54) is 381 Å². The molecule has 0 amide bonds. The first-order valence-corrected chi connectivity index (χ1v) is 41.8. The number of aryl methyl sites for hydroxylation is 2. The molecule has 2 nitrogen and oxygen atoms in total. The van der Waals surface area contributed by atoms with Gasteiger partial charge in [0, 0.05) is 22.3 Å². The fraction of sp³-hybridized carbons (Fsp3) is 0.778. The van der Waals surface area contributed by atoms with Gasteiger partial charge in [0.25, 0.3) is 0 Å². The zero-order valence-corrected chi connectivity index (χ0v) is 64.6. The van der Waals surface area contributed by atoms with Crippen LogP contribution >= 0.6 is 0 Å². The van der Waals surface area contributed by atoms with E-state index < -0.39 is 0 Å². The van der Waals surface area contributed by atoms with E-state index in [0.29, 0.717) is 0 Å². The molecule has 0 unspecified atom stereocenters. The van der Waals surface area contributed by atoms with Crippen molar-refractivity contribution in [3.8, 4) is 0 Å². The van der Waals surface area contributed by atoms with Crippen LogP contribution in [0.4, 0.5) is 0 Å². The molecule has 0 aliphatic carbocycles. The third-order valence-electron chi connectivity index (χ3n) is 19.9. The minimum atomic E-state index is 0. The zero-order valence-electron chi connectivity index (χ0n) is 63.7. The Bertz CT molecular complexity index is 1870. The van der Waals surface area contributed by atoms with Gasteiger partial charge in [-0.1, -0.05) is 436 Å².